The maximum absolute atomic E-state index is 12.9. The van der Waals surface area contributed by atoms with E-state index in [1.807, 2.05) is 24.8 Å². The van der Waals surface area contributed by atoms with Crippen LogP contribution < -0.4 is 0 Å². The van der Waals surface area contributed by atoms with Gasteiger partial charge in [-0.2, -0.15) is 4.98 Å². The summed E-state index contributed by atoms with van der Waals surface area (Å²) in [4.78, 5) is 25.9. The topological polar surface area (TPSA) is 75.9 Å². The van der Waals surface area contributed by atoms with Crippen molar-refractivity contribution >= 4 is 11.7 Å². The van der Waals surface area contributed by atoms with Crippen molar-refractivity contribution in [3.63, 3.8) is 0 Å². The van der Waals surface area contributed by atoms with Gasteiger partial charge in [-0.25, -0.2) is 9.50 Å². The highest BCUT2D eigenvalue weighted by molar-refractivity contribution is 5.91. The van der Waals surface area contributed by atoms with E-state index in [1.165, 1.54) is 0 Å². The number of aryl methyl sites for hydroxylation is 2. The molecule has 134 valence electrons. The van der Waals surface area contributed by atoms with Crippen molar-refractivity contribution in [2.45, 2.75) is 26.8 Å². The van der Waals surface area contributed by atoms with Gasteiger partial charge in [-0.3, -0.25) is 9.69 Å². The van der Waals surface area contributed by atoms with Crippen LogP contribution in [0.5, 0.6) is 0 Å². The largest absolute Gasteiger partial charge is 0.379 e. The second-order valence-electron chi connectivity index (χ2n) is 7.09. The molecule has 8 heteroatoms. The molecule has 0 saturated carbocycles. The third kappa shape index (κ3) is 3.00. The average Bonchev–Trinajstić information content (AvgIpc) is 3.19. The fourth-order valence-electron chi connectivity index (χ4n) is 3.90. The smallest absolute Gasteiger partial charge is 0.293 e. The number of aromatic nitrogens is 4. The lowest BCUT2D eigenvalue weighted by molar-refractivity contribution is 0.0119. The lowest BCUT2D eigenvalue weighted by Crippen LogP contribution is -2.47. The summed E-state index contributed by atoms with van der Waals surface area (Å²) in [6, 6.07) is 2.31. The average molecular weight is 344 g/mol. The number of carbonyl (C=O) groups excluding carboxylic acids is 1. The Kier molecular flexibility index (Phi) is 4.16. The fourth-order valence-corrected chi connectivity index (χ4v) is 3.90. The van der Waals surface area contributed by atoms with E-state index in [0.29, 0.717) is 17.7 Å². The number of ether oxygens (including phenoxy) is 1. The minimum Gasteiger partial charge on any atom is -0.379 e. The lowest BCUT2D eigenvalue weighted by Gasteiger charge is -2.33. The Morgan fingerprint density at radius 3 is 2.72 bits per heavy atom. The molecule has 2 saturated heterocycles. The predicted octanol–water partition coefficient (Wildman–Crippen LogP) is 0.534. The van der Waals surface area contributed by atoms with Crippen molar-refractivity contribution < 1.29 is 9.53 Å². The SMILES string of the molecule is Cc1cc(C)n2nc(C(=O)N3C[C@@H](C)[C@@H](N4CCOCC4)C3)nc2n1. The Bertz CT molecular complexity index is 798. The normalized spacial score (nSPS) is 25.0. The van der Waals surface area contributed by atoms with Crippen molar-refractivity contribution in [2.75, 3.05) is 39.4 Å². The summed E-state index contributed by atoms with van der Waals surface area (Å²) in [6.45, 7) is 10.9. The first kappa shape index (κ1) is 16.4. The van der Waals surface area contributed by atoms with Gasteiger partial charge < -0.3 is 9.64 Å². The van der Waals surface area contributed by atoms with Gasteiger partial charge in [-0.15, -0.1) is 5.10 Å². The van der Waals surface area contributed by atoms with Gasteiger partial charge in [0.15, 0.2) is 0 Å². The minimum atomic E-state index is -0.106. The molecular formula is C17H24N6O2. The fraction of sp³-hybridized carbons (Fsp3) is 0.647. The highest BCUT2D eigenvalue weighted by Crippen LogP contribution is 2.23. The van der Waals surface area contributed by atoms with E-state index in [2.05, 4.69) is 26.9 Å². The summed E-state index contributed by atoms with van der Waals surface area (Å²) in [5.41, 5.74) is 1.80. The quantitative estimate of drug-likeness (QED) is 0.791. The number of amides is 1. The number of morpholine rings is 1. The summed E-state index contributed by atoms with van der Waals surface area (Å²) in [5.74, 6) is 1.04. The van der Waals surface area contributed by atoms with Crippen molar-refractivity contribution in [1.82, 2.24) is 29.4 Å². The van der Waals surface area contributed by atoms with Crippen molar-refractivity contribution in [3.05, 3.63) is 23.3 Å². The molecule has 0 radical (unpaired) electrons. The second-order valence-corrected chi connectivity index (χ2v) is 7.09. The molecule has 2 atom stereocenters. The predicted molar refractivity (Wildman–Crippen MR) is 91.5 cm³/mol. The van der Waals surface area contributed by atoms with Crippen LogP contribution in [-0.4, -0.2) is 80.7 Å². The molecule has 8 nitrogen and oxygen atoms in total. The van der Waals surface area contributed by atoms with Gasteiger partial charge in [-0.1, -0.05) is 6.92 Å². The standard InChI is InChI=1S/C17H24N6O2/c1-11-9-22(10-14(11)21-4-6-25-7-5-21)16(24)15-19-17-18-12(2)8-13(3)23(17)20-15/h8,11,14H,4-7,9-10H2,1-3H3/t11-,14+/m1/s1. The summed E-state index contributed by atoms with van der Waals surface area (Å²) in [5, 5.41) is 4.38. The first-order valence-corrected chi connectivity index (χ1v) is 8.85. The van der Waals surface area contributed by atoms with Gasteiger partial charge in [0.25, 0.3) is 11.7 Å². The van der Waals surface area contributed by atoms with Crippen LogP contribution in [0, 0.1) is 19.8 Å². The molecule has 0 bridgehead atoms. The first-order chi connectivity index (χ1) is 12.0. The molecule has 2 aromatic heterocycles. The molecule has 0 spiro atoms. The summed E-state index contributed by atoms with van der Waals surface area (Å²) in [7, 11) is 0. The van der Waals surface area contributed by atoms with Crippen LogP contribution in [0.1, 0.15) is 28.9 Å². The van der Waals surface area contributed by atoms with Crippen LogP contribution in [0.15, 0.2) is 6.07 Å². The van der Waals surface area contributed by atoms with E-state index in [4.69, 9.17) is 4.74 Å². The molecular weight excluding hydrogens is 320 g/mol. The molecule has 2 aromatic rings. The van der Waals surface area contributed by atoms with E-state index in [1.54, 1.807) is 4.52 Å². The molecule has 2 aliphatic rings. The third-order valence-corrected chi connectivity index (χ3v) is 5.18. The summed E-state index contributed by atoms with van der Waals surface area (Å²) >= 11 is 0. The van der Waals surface area contributed by atoms with Crippen molar-refractivity contribution in [2.24, 2.45) is 5.92 Å². The van der Waals surface area contributed by atoms with Crippen molar-refractivity contribution in [1.29, 1.82) is 0 Å². The Morgan fingerprint density at radius 2 is 1.96 bits per heavy atom. The zero-order chi connectivity index (χ0) is 17.6. The molecule has 4 rings (SSSR count). The van der Waals surface area contributed by atoms with Crippen LogP contribution in [0.25, 0.3) is 5.78 Å². The van der Waals surface area contributed by atoms with Crippen LogP contribution >= 0.6 is 0 Å². The van der Waals surface area contributed by atoms with E-state index in [-0.39, 0.29) is 11.7 Å². The third-order valence-electron chi connectivity index (χ3n) is 5.18. The molecule has 25 heavy (non-hydrogen) atoms. The second kappa shape index (κ2) is 6.34. The molecule has 1 amide bonds. The van der Waals surface area contributed by atoms with Crippen molar-refractivity contribution in [3.8, 4) is 0 Å². The van der Waals surface area contributed by atoms with E-state index < -0.39 is 0 Å². The van der Waals surface area contributed by atoms with Gasteiger partial charge in [0.2, 0.25) is 5.82 Å². The van der Waals surface area contributed by atoms with E-state index in [0.717, 1.165) is 50.8 Å². The highest BCUT2D eigenvalue weighted by Gasteiger charge is 2.38. The number of likely N-dealkylation sites (tertiary alicyclic amines) is 1. The minimum absolute atomic E-state index is 0.106. The Morgan fingerprint density at radius 1 is 1.20 bits per heavy atom. The number of fused-ring (bicyclic) bond motifs is 1. The zero-order valence-electron chi connectivity index (χ0n) is 15.0. The van der Waals surface area contributed by atoms with Gasteiger partial charge in [-0.05, 0) is 25.8 Å². The van der Waals surface area contributed by atoms with Gasteiger partial charge >= 0.3 is 0 Å². The maximum Gasteiger partial charge on any atom is 0.293 e. The van der Waals surface area contributed by atoms with Crippen LogP contribution in [0.2, 0.25) is 0 Å². The monoisotopic (exact) mass is 344 g/mol. The number of rotatable bonds is 2. The van der Waals surface area contributed by atoms with Crippen LogP contribution in [0.4, 0.5) is 0 Å². The Balaban J connectivity index is 1.54. The summed E-state index contributed by atoms with van der Waals surface area (Å²) < 4.78 is 7.08. The molecule has 2 aliphatic heterocycles. The van der Waals surface area contributed by atoms with Gasteiger partial charge in [0, 0.05) is 43.6 Å². The molecule has 0 N–H and O–H groups in total. The van der Waals surface area contributed by atoms with Gasteiger partial charge in [0.05, 0.1) is 13.2 Å². The number of carbonyl (C=O) groups is 1. The maximum atomic E-state index is 12.9. The number of nitrogens with zero attached hydrogens (tertiary/aromatic N) is 6. The molecule has 4 heterocycles. The van der Waals surface area contributed by atoms with Crippen LogP contribution in [0.3, 0.4) is 0 Å². The molecule has 0 unspecified atom stereocenters. The molecule has 2 fully saturated rings. The van der Waals surface area contributed by atoms with E-state index in [9.17, 15) is 4.79 Å². The van der Waals surface area contributed by atoms with Gasteiger partial charge in [0.1, 0.15) is 0 Å². The zero-order valence-corrected chi connectivity index (χ0v) is 15.0. The Labute approximate surface area is 146 Å². The first-order valence-electron chi connectivity index (χ1n) is 8.85. The molecule has 0 aliphatic carbocycles. The van der Waals surface area contributed by atoms with Crippen LogP contribution in [-0.2, 0) is 4.74 Å². The van der Waals surface area contributed by atoms with E-state index >= 15 is 0 Å². The lowest BCUT2D eigenvalue weighted by atomic mass is 10.0. The Hall–Kier alpha value is -2.06. The number of hydrogen-bond donors (Lipinski definition) is 0. The summed E-state index contributed by atoms with van der Waals surface area (Å²) in [6.07, 6.45) is 0. The highest BCUT2D eigenvalue weighted by atomic mass is 16.5. The number of hydrogen-bond acceptors (Lipinski definition) is 6. The molecule has 0 aromatic carbocycles.